The number of thiophene rings is 1. The number of fused-ring (bicyclic) bond motifs is 2. The number of aromatic amines is 1. The normalized spacial score (nSPS) is 11.3. The highest BCUT2D eigenvalue weighted by Gasteiger charge is 2.11. The first-order valence-electron chi connectivity index (χ1n) is 5.69. The fourth-order valence-electron chi connectivity index (χ4n) is 2.27. The van der Waals surface area contributed by atoms with Gasteiger partial charge in [-0.2, -0.15) is 15.4 Å². The van der Waals surface area contributed by atoms with E-state index in [9.17, 15) is 0 Å². The highest BCUT2D eigenvalue weighted by Crippen LogP contribution is 2.36. The van der Waals surface area contributed by atoms with E-state index in [-0.39, 0.29) is 0 Å². The van der Waals surface area contributed by atoms with Crippen LogP contribution in [0.15, 0.2) is 47.8 Å². The molecule has 0 bridgehead atoms. The summed E-state index contributed by atoms with van der Waals surface area (Å²) in [6.45, 7) is 0. The first-order valence-corrected chi connectivity index (χ1v) is 6.57. The Kier molecular flexibility index (Phi) is 1.98. The van der Waals surface area contributed by atoms with Crippen LogP contribution in [-0.2, 0) is 0 Å². The summed E-state index contributed by atoms with van der Waals surface area (Å²) in [6, 6.07) is 14.5. The van der Waals surface area contributed by atoms with Crippen LogP contribution in [0.2, 0.25) is 0 Å². The van der Waals surface area contributed by atoms with Crippen molar-refractivity contribution >= 4 is 32.5 Å². The molecule has 2 aromatic heterocycles. The SMILES string of the molecule is c1cc(-c2csc3ccccc23)c2n[nH]nc2c1. The molecule has 0 saturated heterocycles. The lowest BCUT2D eigenvalue weighted by Crippen LogP contribution is -1.79. The molecule has 2 aromatic carbocycles. The second kappa shape index (κ2) is 3.65. The van der Waals surface area contributed by atoms with Crippen molar-refractivity contribution in [3.8, 4) is 11.1 Å². The summed E-state index contributed by atoms with van der Waals surface area (Å²) in [5.41, 5.74) is 4.21. The average Bonchev–Trinajstić information content (AvgIpc) is 3.05. The molecular weight excluding hydrogens is 242 g/mol. The van der Waals surface area contributed by atoms with Gasteiger partial charge in [0.25, 0.3) is 0 Å². The molecule has 3 nitrogen and oxygen atoms in total. The van der Waals surface area contributed by atoms with E-state index in [4.69, 9.17) is 0 Å². The van der Waals surface area contributed by atoms with Gasteiger partial charge in [-0.15, -0.1) is 11.3 Å². The molecule has 0 aliphatic carbocycles. The van der Waals surface area contributed by atoms with E-state index in [0.717, 1.165) is 16.6 Å². The quantitative estimate of drug-likeness (QED) is 0.558. The number of rotatable bonds is 1. The fourth-order valence-corrected chi connectivity index (χ4v) is 3.23. The number of para-hydroxylation sites is 1. The number of benzene rings is 2. The molecule has 86 valence electrons. The van der Waals surface area contributed by atoms with Gasteiger partial charge in [-0.25, -0.2) is 0 Å². The number of H-pyrrole nitrogens is 1. The molecule has 4 heteroatoms. The Morgan fingerprint density at radius 1 is 0.889 bits per heavy atom. The topological polar surface area (TPSA) is 41.6 Å². The van der Waals surface area contributed by atoms with Gasteiger partial charge in [0, 0.05) is 21.2 Å². The first-order chi connectivity index (χ1) is 8.93. The number of nitrogens with zero attached hydrogens (tertiary/aromatic N) is 2. The van der Waals surface area contributed by atoms with E-state index in [1.165, 1.54) is 15.6 Å². The molecule has 0 fully saturated rings. The van der Waals surface area contributed by atoms with E-state index in [0.29, 0.717) is 0 Å². The van der Waals surface area contributed by atoms with Gasteiger partial charge in [0.2, 0.25) is 0 Å². The lowest BCUT2D eigenvalue weighted by molar-refractivity contribution is 0.959. The van der Waals surface area contributed by atoms with Crippen molar-refractivity contribution in [3.05, 3.63) is 47.8 Å². The van der Waals surface area contributed by atoms with Crippen molar-refractivity contribution in [2.24, 2.45) is 0 Å². The summed E-state index contributed by atoms with van der Waals surface area (Å²) < 4.78 is 1.30. The summed E-state index contributed by atoms with van der Waals surface area (Å²) in [5, 5.41) is 14.5. The van der Waals surface area contributed by atoms with Gasteiger partial charge in [-0.05, 0) is 17.5 Å². The second-order valence-electron chi connectivity index (χ2n) is 4.14. The van der Waals surface area contributed by atoms with Gasteiger partial charge in [-0.1, -0.05) is 30.3 Å². The Labute approximate surface area is 107 Å². The van der Waals surface area contributed by atoms with Crippen molar-refractivity contribution in [3.63, 3.8) is 0 Å². The van der Waals surface area contributed by atoms with E-state index in [2.05, 4.69) is 51.1 Å². The summed E-state index contributed by atoms with van der Waals surface area (Å²) in [6.07, 6.45) is 0. The zero-order chi connectivity index (χ0) is 11.9. The Hall–Kier alpha value is -2.20. The fraction of sp³-hybridized carbons (Fsp3) is 0. The van der Waals surface area contributed by atoms with Crippen LogP contribution in [0.1, 0.15) is 0 Å². The lowest BCUT2D eigenvalue weighted by Gasteiger charge is -2.00. The maximum atomic E-state index is 4.25. The monoisotopic (exact) mass is 251 g/mol. The summed E-state index contributed by atoms with van der Waals surface area (Å²) in [7, 11) is 0. The van der Waals surface area contributed by atoms with Crippen LogP contribution in [0.4, 0.5) is 0 Å². The molecule has 2 heterocycles. The van der Waals surface area contributed by atoms with Crippen molar-refractivity contribution in [1.29, 1.82) is 0 Å². The van der Waals surface area contributed by atoms with Crippen LogP contribution in [0, 0.1) is 0 Å². The highest BCUT2D eigenvalue weighted by atomic mass is 32.1. The Balaban J connectivity index is 2.10. The van der Waals surface area contributed by atoms with Gasteiger partial charge < -0.3 is 0 Å². The molecule has 0 unspecified atom stereocenters. The smallest absolute Gasteiger partial charge is 0.120 e. The molecule has 4 aromatic rings. The zero-order valence-corrected chi connectivity index (χ0v) is 10.2. The predicted molar refractivity (Wildman–Crippen MR) is 74.7 cm³/mol. The predicted octanol–water partition coefficient (Wildman–Crippen LogP) is 3.84. The minimum atomic E-state index is 0.905. The summed E-state index contributed by atoms with van der Waals surface area (Å²) >= 11 is 1.76. The molecule has 0 saturated carbocycles. The third-order valence-electron chi connectivity index (χ3n) is 3.12. The van der Waals surface area contributed by atoms with Crippen molar-refractivity contribution < 1.29 is 0 Å². The van der Waals surface area contributed by atoms with E-state index < -0.39 is 0 Å². The Morgan fingerprint density at radius 2 is 1.83 bits per heavy atom. The van der Waals surface area contributed by atoms with E-state index in [1.807, 2.05) is 12.1 Å². The van der Waals surface area contributed by atoms with Gasteiger partial charge in [-0.3, -0.25) is 0 Å². The van der Waals surface area contributed by atoms with Gasteiger partial charge in [0.1, 0.15) is 11.0 Å². The van der Waals surface area contributed by atoms with Crippen molar-refractivity contribution in [2.45, 2.75) is 0 Å². The molecule has 0 spiro atoms. The average molecular weight is 251 g/mol. The molecule has 0 amide bonds. The molecule has 0 aliphatic heterocycles. The van der Waals surface area contributed by atoms with Crippen LogP contribution < -0.4 is 0 Å². The number of hydrogen-bond donors (Lipinski definition) is 1. The number of hydrogen-bond acceptors (Lipinski definition) is 3. The van der Waals surface area contributed by atoms with Gasteiger partial charge >= 0.3 is 0 Å². The van der Waals surface area contributed by atoms with Crippen LogP contribution in [-0.4, -0.2) is 15.4 Å². The largest absolute Gasteiger partial charge is 0.197 e. The van der Waals surface area contributed by atoms with Gasteiger partial charge in [0.15, 0.2) is 0 Å². The molecule has 4 rings (SSSR count). The van der Waals surface area contributed by atoms with Gasteiger partial charge in [0.05, 0.1) is 0 Å². The maximum absolute atomic E-state index is 4.25. The third-order valence-corrected chi connectivity index (χ3v) is 4.08. The lowest BCUT2D eigenvalue weighted by atomic mass is 10.0. The molecule has 1 N–H and O–H groups in total. The number of aromatic nitrogens is 3. The van der Waals surface area contributed by atoms with Crippen LogP contribution in [0.3, 0.4) is 0 Å². The standard InChI is InChI=1S/C14H9N3S/c1-2-7-13-9(4-1)11(8-18-13)10-5-3-6-12-14(10)16-17-15-12/h1-8H,(H,15,16,17). The molecule has 0 radical (unpaired) electrons. The third kappa shape index (κ3) is 1.29. The molecule has 18 heavy (non-hydrogen) atoms. The Morgan fingerprint density at radius 3 is 2.83 bits per heavy atom. The Bertz CT molecular complexity index is 844. The van der Waals surface area contributed by atoms with Crippen molar-refractivity contribution in [1.82, 2.24) is 15.4 Å². The first kappa shape index (κ1) is 9.79. The summed E-state index contributed by atoms with van der Waals surface area (Å²) in [4.78, 5) is 0. The molecule has 0 atom stereocenters. The minimum Gasteiger partial charge on any atom is -0.197 e. The number of nitrogens with one attached hydrogen (secondary N) is 1. The second-order valence-corrected chi connectivity index (χ2v) is 5.05. The van der Waals surface area contributed by atoms with Crippen LogP contribution in [0.5, 0.6) is 0 Å². The van der Waals surface area contributed by atoms with E-state index >= 15 is 0 Å². The van der Waals surface area contributed by atoms with E-state index in [1.54, 1.807) is 11.3 Å². The van der Waals surface area contributed by atoms with Crippen molar-refractivity contribution in [2.75, 3.05) is 0 Å². The maximum Gasteiger partial charge on any atom is 0.120 e. The molecule has 0 aliphatic rings. The van der Waals surface area contributed by atoms with Crippen LogP contribution >= 0.6 is 11.3 Å². The van der Waals surface area contributed by atoms with Crippen LogP contribution in [0.25, 0.3) is 32.2 Å². The molecular formula is C14H9N3S. The minimum absolute atomic E-state index is 0.905. The summed E-state index contributed by atoms with van der Waals surface area (Å²) in [5.74, 6) is 0. The zero-order valence-electron chi connectivity index (χ0n) is 9.42. The highest BCUT2D eigenvalue weighted by molar-refractivity contribution is 7.17.